The number of nitrogens with zero attached hydrogens (tertiary/aromatic N) is 1. The van der Waals surface area contributed by atoms with Crippen molar-refractivity contribution in [1.82, 2.24) is 15.4 Å². The Morgan fingerprint density at radius 3 is 2.52 bits per heavy atom. The van der Waals surface area contributed by atoms with Gasteiger partial charge < -0.3 is 15.4 Å². The Morgan fingerprint density at radius 2 is 1.92 bits per heavy atom. The van der Waals surface area contributed by atoms with Gasteiger partial charge >= 0.3 is 0 Å². The van der Waals surface area contributed by atoms with Gasteiger partial charge in [-0.05, 0) is 44.5 Å². The lowest BCUT2D eigenvalue weighted by molar-refractivity contribution is 0.230. The van der Waals surface area contributed by atoms with E-state index in [2.05, 4.69) is 20.3 Å². The van der Waals surface area contributed by atoms with Crippen LogP contribution in [0.2, 0.25) is 0 Å². The molecule has 1 unspecified atom stereocenters. The Bertz CT molecular complexity index is 635. The number of hydrogen-bond acceptors (Lipinski definition) is 4. The van der Waals surface area contributed by atoms with Crippen LogP contribution in [0.15, 0.2) is 29.3 Å². The predicted octanol–water partition coefficient (Wildman–Crippen LogP) is 1.09. The van der Waals surface area contributed by atoms with Gasteiger partial charge in [0.25, 0.3) is 0 Å². The van der Waals surface area contributed by atoms with E-state index >= 15 is 0 Å². The Hall–Kier alpha value is -1.87. The number of guanidine groups is 1. The number of aliphatic imine (C=N–C) groups is 1. The Labute approximate surface area is 149 Å². The molecule has 0 amide bonds. The molecule has 1 atom stereocenters. The van der Waals surface area contributed by atoms with Gasteiger partial charge in [0, 0.05) is 19.6 Å². The first-order chi connectivity index (χ1) is 11.8. The molecule has 0 spiro atoms. The SMILES string of the molecule is CCNC(=NCC(C)Oc1ccc(F)cc1)NCCCNS(C)(=O)=O. The molecule has 0 saturated carbocycles. The molecule has 1 aromatic carbocycles. The lowest BCUT2D eigenvalue weighted by atomic mass is 10.3. The molecular formula is C16H27FN4O3S. The zero-order chi connectivity index (χ0) is 18.7. The summed E-state index contributed by atoms with van der Waals surface area (Å²) < 4.78 is 42.9. The fraction of sp³-hybridized carbons (Fsp3) is 0.562. The van der Waals surface area contributed by atoms with Crippen molar-refractivity contribution in [2.45, 2.75) is 26.4 Å². The van der Waals surface area contributed by atoms with Crippen LogP contribution in [0.4, 0.5) is 4.39 Å². The highest BCUT2D eigenvalue weighted by Gasteiger charge is 2.05. The molecule has 7 nitrogen and oxygen atoms in total. The third-order valence-electron chi connectivity index (χ3n) is 3.01. The Balaban J connectivity index is 2.39. The summed E-state index contributed by atoms with van der Waals surface area (Å²) >= 11 is 0. The molecular weight excluding hydrogens is 347 g/mol. The molecule has 1 rings (SSSR count). The van der Waals surface area contributed by atoms with Crippen molar-refractivity contribution in [1.29, 1.82) is 0 Å². The molecule has 0 aliphatic carbocycles. The van der Waals surface area contributed by atoms with Crippen molar-refractivity contribution in [2.75, 3.05) is 32.4 Å². The zero-order valence-corrected chi connectivity index (χ0v) is 15.7. The van der Waals surface area contributed by atoms with E-state index in [-0.39, 0.29) is 11.9 Å². The minimum atomic E-state index is -3.15. The highest BCUT2D eigenvalue weighted by atomic mass is 32.2. The summed E-state index contributed by atoms with van der Waals surface area (Å²) in [5.41, 5.74) is 0. The van der Waals surface area contributed by atoms with Gasteiger partial charge in [-0.25, -0.2) is 22.5 Å². The summed E-state index contributed by atoms with van der Waals surface area (Å²) in [7, 11) is -3.15. The second kappa shape index (κ2) is 10.9. The fourth-order valence-corrected chi connectivity index (χ4v) is 2.41. The number of ether oxygens (including phenoxy) is 1. The van der Waals surface area contributed by atoms with Crippen LogP contribution in [0.25, 0.3) is 0 Å². The average Bonchev–Trinajstić information content (AvgIpc) is 2.53. The van der Waals surface area contributed by atoms with E-state index in [1.807, 2.05) is 13.8 Å². The molecule has 0 radical (unpaired) electrons. The van der Waals surface area contributed by atoms with Gasteiger partial charge in [0.1, 0.15) is 17.7 Å². The summed E-state index contributed by atoms with van der Waals surface area (Å²) in [6, 6.07) is 5.85. The van der Waals surface area contributed by atoms with E-state index in [0.717, 1.165) is 6.26 Å². The molecule has 3 N–H and O–H groups in total. The zero-order valence-electron chi connectivity index (χ0n) is 14.9. The number of rotatable bonds is 10. The van der Waals surface area contributed by atoms with E-state index in [4.69, 9.17) is 4.74 Å². The first-order valence-corrected chi connectivity index (χ1v) is 10.1. The van der Waals surface area contributed by atoms with E-state index in [1.165, 1.54) is 12.1 Å². The number of nitrogens with one attached hydrogen (secondary N) is 3. The third kappa shape index (κ3) is 10.6. The lowest BCUT2D eigenvalue weighted by Gasteiger charge is -2.15. The standard InChI is InChI=1S/C16H27FN4O3S/c1-4-18-16(19-10-5-11-21-25(3,22)23)20-12-13(2)24-15-8-6-14(17)7-9-15/h6-9,13,21H,4-5,10-12H2,1-3H3,(H2,18,19,20). The van der Waals surface area contributed by atoms with Crippen molar-refractivity contribution in [3.8, 4) is 5.75 Å². The third-order valence-corrected chi connectivity index (χ3v) is 3.74. The number of benzene rings is 1. The van der Waals surface area contributed by atoms with Crippen LogP contribution >= 0.6 is 0 Å². The Morgan fingerprint density at radius 1 is 1.24 bits per heavy atom. The molecule has 142 valence electrons. The second-order valence-electron chi connectivity index (χ2n) is 5.55. The van der Waals surface area contributed by atoms with E-state index < -0.39 is 10.0 Å². The summed E-state index contributed by atoms with van der Waals surface area (Å²) in [4.78, 5) is 4.43. The van der Waals surface area contributed by atoms with Crippen LogP contribution in [-0.4, -0.2) is 52.9 Å². The van der Waals surface area contributed by atoms with Gasteiger partial charge in [0.2, 0.25) is 10.0 Å². The van der Waals surface area contributed by atoms with Crippen LogP contribution in [0.3, 0.4) is 0 Å². The average molecular weight is 374 g/mol. The van der Waals surface area contributed by atoms with Gasteiger partial charge in [-0.3, -0.25) is 0 Å². The van der Waals surface area contributed by atoms with Crippen molar-refractivity contribution >= 4 is 16.0 Å². The second-order valence-corrected chi connectivity index (χ2v) is 7.38. The predicted molar refractivity (Wildman–Crippen MR) is 97.9 cm³/mol. The maximum Gasteiger partial charge on any atom is 0.208 e. The maximum absolute atomic E-state index is 12.9. The normalized spacial score (nSPS) is 13.4. The van der Waals surface area contributed by atoms with Gasteiger partial charge in [-0.2, -0.15) is 0 Å². The molecule has 1 aromatic rings. The molecule has 0 saturated heterocycles. The fourth-order valence-electron chi connectivity index (χ4n) is 1.90. The largest absolute Gasteiger partial charge is 0.489 e. The van der Waals surface area contributed by atoms with Gasteiger partial charge in [-0.1, -0.05) is 0 Å². The van der Waals surface area contributed by atoms with E-state index in [1.54, 1.807) is 12.1 Å². The summed E-state index contributed by atoms with van der Waals surface area (Å²) in [6.45, 7) is 5.93. The maximum atomic E-state index is 12.9. The Kier molecular flexibility index (Phi) is 9.22. The number of hydrogen-bond donors (Lipinski definition) is 3. The summed E-state index contributed by atoms with van der Waals surface area (Å²) in [5, 5.41) is 6.24. The molecule has 0 aliphatic rings. The molecule has 0 fully saturated rings. The molecule has 25 heavy (non-hydrogen) atoms. The number of halogens is 1. The minimum absolute atomic E-state index is 0.173. The molecule has 0 aliphatic heterocycles. The van der Waals surface area contributed by atoms with Crippen LogP contribution in [0.5, 0.6) is 5.75 Å². The molecule has 9 heteroatoms. The number of sulfonamides is 1. The van der Waals surface area contributed by atoms with Gasteiger partial charge in [0.05, 0.1) is 12.8 Å². The van der Waals surface area contributed by atoms with Gasteiger partial charge in [-0.15, -0.1) is 0 Å². The van der Waals surface area contributed by atoms with Crippen molar-refractivity contribution < 1.29 is 17.5 Å². The highest BCUT2D eigenvalue weighted by Crippen LogP contribution is 2.12. The van der Waals surface area contributed by atoms with Crippen LogP contribution < -0.4 is 20.1 Å². The minimum Gasteiger partial charge on any atom is -0.489 e. The van der Waals surface area contributed by atoms with Crippen molar-refractivity contribution in [2.24, 2.45) is 4.99 Å². The lowest BCUT2D eigenvalue weighted by Crippen LogP contribution is -2.39. The molecule has 0 heterocycles. The van der Waals surface area contributed by atoms with Crippen LogP contribution in [0, 0.1) is 5.82 Å². The molecule has 0 aromatic heterocycles. The highest BCUT2D eigenvalue weighted by molar-refractivity contribution is 7.88. The first-order valence-electron chi connectivity index (χ1n) is 8.19. The monoisotopic (exact) mass is 374 g/mol. The van der Waals surface area contributed by atoms with Crippen LogP contribution in [0.1, 0.15) is 20.3 Å². The van der Waals surface area contributed by atoms with Gasteiger partial charge in [0.15, 0.2) is 5.96 Å². The summed E-state index contributed by atoms with van der Waals surface area (Å²) in [5.74, 6) is 0.923. The first kappa shape index (κ1) is 21.2. The van der Waals surface area contributed by atoms with Crippen LogP contribution in [-0.2, 0) is 10.0 Å². The quantitative estimate of drug-likeness (QED) is 0.324. The van der Waals surface area contributed by atoms with Crippen molar-refractivity contribution in [3.05, 3.63) is 30.1 Å². The van der Waals surface area contributed by atoms with E-state index in [0.29, 0.717) is 44.3 Å². The topological polar surface area (TPSA) is 91.8 Å². The smallest absolute Gasteiger partial charge is 0.208 e. The van der Waals surface area contributed by atoms with E-state index in [9.17, 15) is 12.8 Å². The molecule has 0 bridgehead atoms. The summed E-state index contributed by atoms with van der Waals surface area (Å²) in [6.07, 6.45) is 1.60. The van der Waals surface area contributed by atoms with Crippen molar-refractivity contribution in [3.63, 3.8) is 0 Å².